The molecule has 1 amide bonds. The van der Waals surface area contributed by atoms with Crippen LogP contribution in [0.25, 0.3) is 0 Å². The van der Waals surface area contributed by atoms with Gasteiger partial charge in [0.25, 0.3) is 5.91 Å². The SMILES string of the molecule is CC(C)c1nnsc1C(=O)Nc1ccccc1CN. The van der Waals surface area contributed by atoms with E-state index in [0.717, 1.165) is 28.5 Å². The lowest BCUT2D eigenvalue weighted by atomic mass is 10.1. The van der Waals surface area contributed by atoms with E-state index in [1.165, 1.54) is 0 Å². The van der Waals surface area contributed by atoms with Crippen molar-refractivity contribution >= 4 is 23.1 Å². The molecular weight excluding hydrogens is 260 g/mol. The van der Waals surface area contributed by atoms with Crippen molar-refractivity contribution in [3.8, 4) is 0 Å². The fourth-order valence-electron chi connectivity index (χ4n) is 1.73. The third kappa shape index (κ3) is 2.97. The highest BCUT2D eigenvalue weighted by atomic mass is 32.1. The van der Waals surface area contributed by atoms with E-state index in [1.54, 1.807) is 0 Å². The monoisotopic (exact) mass is 276 g/mol. The molecule has 100 valence electrons. The number of benzene rings is 1. The summed E-state index contributed by atoms with van der Waals surface area (Å²) in [5.74, 6) is -0.0103. The first-order valence-electron chi connectivity index (χ1n) is 6.05. The van der Waals surface area contributed by atoms with Crippen LogP contribution in [0, 0.1) is 0 Å². The smallest absolute Gasteiger partial charge is 0.269 e. The average molecular weight is 276 g/mol. The minimum absolute atomic E-state index is 0.171. The molecule has 1 aromatic heterocycles. The number of anilines is 1. The lowest BCUT2D eigenvalue weighted by Crippen LogP contribution is -2.15. The van der Waals surface area contributed by atoms with Gasteiger partial charge in [-0.2, -0.15) is 0 Å². The van der Waals surface area contributed by atoms with Crippen molar-refractivity contribution in [1.29, 1.82) is 0 Å². The van der Waals surface area contributed by atoms with Gasteiger partial charge in [0.1, 0.15) is 4.88 Å². The molecule has 1 aromatic carbocycles. The highest BCUT2D eigenvalue weighted by Crippen LogP contribution is 2.22. The van der Waals surface area contributed by atoms with Crippen molar-refractivity contribution in [2.45, 2.75) is 26.3 Å². The summed E-state index contributed by atoms with van der Waals surface area (Å²) < 4.78 is 3.85. The maximum atomic E-state index is 12.2. The van der Waals surface area contributed by atoms with Crippen molar-refractivity contribution in [2.24, 2.45) is 5.73 Å². The first kappa shape index (κ1) is 13.6. The molecule has 6 heteroatoms. The van der Waals surface area contributed by atoms with Gasteiger partial charge in [-0.05, 0) is 29.1 Å². The third-order valence-electron chi connectivity index (χ3n) is 2.75. The summed E-state index contributed by atoms with van der Waals surface area (Å²) in [5.41, 5.74) is 8.02. The Bertz CT molecular complexity index is 580. The van der Waals surface area contributed by atoms with E-state index in [2.05, 4.69) is 14.9 Å². The Balaban J connectivity index is 2.23. The van der Waals surface area contributed by atoms with Crippen LogP contribution in [-0.4, -0.2) is 15.5 Å². The zero-order valence-corrected chi connectivity index (χ0v) is 11.7. The molecule has 2 rings (SSSR count). The second-order valence-corrected chi connectivity index (χ2v) is 5.21. The normalized spacial score (nSPS) is 10.7. The highest BCUT2D eigenvalue weighted by Gasteiger charge is 2.19. The largest absolute Gasteiger partial charge is 0.326 e. The van der Waals surface area contributed by atoms with E-state index in [4.69, 9.17) is 5.73 Å². The summed E-state index contributed by atoms with van der Waals surface area (Å²) in [7, 11) is 0. The molecule has 0 atom stereocenters. The number of nitrogens with two attached hydrogens (primary N) is 1. The van der Waals surface area contributed by atoms with Crippen LogP contribution in [0.5, 0.6) is 0 Å². The molecule has 2 aromatic rings. The Kier molecular flexibility index (Phi) is 4.24. The predicted molar refractivity (Wildman–Crippen MR) is 76.3 cm³/mol. The fraction of sp³-hybridized carbons (Fsp3) is 0.308. The summed E-state index contributed by atoms with van der Waals surface area (Å²) in [4.78, 5) is 12.8. The summed E-state index contributed by atoms with van der Waals surface area (Å²) in [6, 6.07) is 7.49. The quantitative estimate of drug-likeness (QED) is 0.898. The van der Waals surface area contributed by atoms with Crippen LogP contribution in [0.3, 0.4) is 0 Å². The Morgan fingerprint density at radius 2 is 2.16 bits per heavy atom. The van der Waals surface area contributed by atoms with Gasteiger partial charge in [-0.1, -0.05) is 36.5 Å². The maximum absolute atomic E-state index is 12.2. The highest BCUT2D eigenvalue weighted by molar-refractivity contribution is 7.08. The van der Waals surface area contributed by atoms with E-state index in [0.29, 0.717) is 11.4 Å². The van der Waals surface area contributed by atoms with Crippen LogP contribution in [0.1, 0.15) is 40.7 Å². The molecule has 0 spiro atoms. The van der Waals surface area contributed by atoms with Gasteiger partial charge in [-0.15, -0.1) is 5.10 Å². The van der Waals surface area contributed by atoms with Crippen LogP contribution in [0.4, 0.5) is 5.69 Å². The Morgan fingerprint density at radius 3 is 2.84 bits per heavy atom. The molecule has 1 heterocycles. The lowest BCUT2D eigenvalue weighted by Gasteiger charge is -2.09. The number of nitrogens with one attached hydrogen (secondary N) is 1. The summed E-state index contributed by atoms with van der Waals surface area (Å²) in [6.45, 7) is 4.36. The Morgan fingerprint density at radius 1 is 1.42 bits per heavy atom. The first-order chi connectivity index (χ1) is 9.13. The Hall–Kier alpha value is -1.79. The number of carbonyl (C=O) groups excluding carboxylic acids is 1. The van der Waals surface area contributed by atoms with E-state index in [-0.39, 0.29) is 11.8 Å². The van der Waals surface area contributed by atoms with Crippen LogP contribution in [-0.2, 0) is 6.54 Å². The van der Waals surface area contributed by atoms with Gasteiger partial charge in [0.05, 0.1) is 5.69 Å². The molecule has 0 fully saturated rings. The predicted octanol–water partition coefficient (Wildman–Crippen LogP) is 2.37. The molecule has 3 N–H and O–H groups in total. The molecular formula is C13H16N4OS. The molecule has 0 aliphatic rings. The zero-order chi connectivity index (χ0) is 13.8. The number of nitrogens with zero attached hydrogens (tertiary/aromatic N) is 2. The summed E-state index contributed by atoms with van der Waals surface area (Å²) in [5, 5.41) is 6.87. The number of rotatable bonds is 4. The molecule has 0 saturated carbocycles. The van der Waals surface area contributed by atoms with Crippen LogP contribution < -0.4 is 11.1 Å². The van der Waals surface area contributed by atoms with Gasteiger partial charge in [-0.3, -0.25) is 4.79 Å². The average Bonchev–Trinajstić information content (AvgIpc) is 2.88. The third-order valence-corrected chi connectivity index (χ3v) is 3.49. The van der Waals surface area contributed by atoms with Crippen molar-refractivity contribution in [3.05, 3.63) is 40.4 Å². The standard InChI is InChI=1S/C13H16N4OS/c1-8(2)11-12(19-17-16-11)13(18)15-10-6-4-3-5-9(10)7-14/h3-6,8H,7,14H2,1-2H3,(H,15,18). The number of amides is 1. The molecule has 0 aliphatic carbocycles. The number of aromatic nitrogens is 2. The first-order valence-corrected chi connectivity index (χ1v) is 6.82. The number of carbonyl (C=O) groups is 1. The van der Waals surface area contributed by atoms with Crippen molar-refractivity contribution in [2.75, 3.05) is 5.32 Å². The lowest BCUT2D eigenvalue weighted by molar-refractivity contribution is 0.102. The molecule has 0 saturated heterocycles. The maximum Gasteiger partial charge on any atom is 0.269 e. The van der Waals surface area contributed by atoms with Gasteiger partial charge >= 0.3 is 0 Å². The van der Waals surface area contributed by atoms with Crippen LogP contribution >= 0.6 is 11.5 Å². The molecule has 0 radical (unpaired) electrons. The topological polar surface area (TPSA) is 80.9 Å². The van der Waals surface area contributed by atoms with Crippen LogP contribution in [0.2, 0.25) is 0 Å². The second-order valence-electron chi connectivity index (χ2n) is 4.46. The second kappa shape index (κ2) is 5.90. The van der Waals surface area contributed by atoms with Crippen molar-refractivity contribution < 1.29 is 4.79 Å². The van der Waals surface area contributed by atoms with E-state index < -0.39 is 0 Å². The number of hydrogen-bond acceptors (Lipinski definition) is 5. The van der Waals surface area contributed by atoms with Crippen molar-refractivity contribution in [1.82, 2.24) is 9.59 Å². The summed E-state index contributed by atoms with van der Waals surface area (Å²) in [6.07, 6.45) is 0. The molecule has 0 bridgehead atoms. The van der Waals surface area contributed by atoms with Crippen molar-refractivity contribution in [3.63, 3.8) is 0 Å². The van der Waals surface area contributed by atoms with Crippen LogP contribution in [0.15, 0.2) is 24.3 Å². The minimum Gasteiger partial charge on any atom is -0.326 e. The molecule has 19 heavy (non-hydrogen) atoms. The zero-order valence-electron chi connectivity index (χ0n) is 10.9. The fourth-order valence-corrected chi connectivity index (χ4v) is 2.45. The van der Waals surface area contributed by atoms with Gasteiger partial charge in [0, 0.05) is 12.2 Å². The number of hydrogen-bond donors (Lipinski definition) is 2. The van der Waals surface area contributed by atoms with Gasteiger partial charge < -0.3 is 11.1 Å². The van der Waals surface area contributed by atoms with Gasteiger partial charge in [-0.25, -0.2) is 0 Å². The van der Waals surface area contributed by atoms with E-state index in [9.17, 15) is 4.79 Å². The van der Waals surface area contributed by atoms with Gasteiger partial charge in [0.15, 0.2) is 0 Å². The van der Waals surface area contributed by atoms with E-state index in [1.807, 2.05) is 38.1 Å². The molecule has 0 unspecified atom stereocenters. The van der Waals surface area contributed by atoms with E-state index >= 15 is 0 Å². The molecule has 5 nitrogen and oxygen atoms in total. The number of para-hydroxylation sites is 1. The Labute approximate surface area is 116 Å². The minimum atomic E-state index is -0.181. The van der Waals surface area contributed by atoms with Gasteiger partial charge in [0.2, 0.25) is 0 Å². The molecule has 0 aliphatic heterocycles. The summed E-state index contributed by atoms with van der Waals surface area (Å²) >= 11 is 1.11.